The Bertz CT molecular complexity index is 587. The Morgan fingerprint density at radius 3 is 2.08 bits per heavy atom. The van der Waals surface area contributed by atoms with Crippen LogP contribution in [0.15, 0.2) is 18.2 Å². The van der Waals surface area contributed by atoms with Crippen molar-refractivity contribution >= 4 is 8.32 Å². The molecule has 0 atom stereocenters. The minimum atomic E-state index is -4.56. The molecule has 0 unspecified atom stereocenters. The van der Waals surface area contributed by atoms with Gasteiger partial charge in [-0.25, -0.2) is 4.39 Å². The lowest BCUT2D eigenvalue weighted by atomic mass is 9.92. The molecule has 0 aromatic heterocycles. The van der Waals surface area contributed by atoms with Crippen LogP contribution in [-0.4, -0.2) is 20.5 Å². The topological polar surface area (TPSA) is 18.5 Å². The van der Waals surface area contributed by atoms with Crippen molar-refractivity contribution in [3.05, 3.63) is 29.6 Å². The van der Waals surface area contributed by atoms with Gasteiger partial charge in [0.1, 0.15) is 6.10 Å². The van der Waals surface area contributed by atoms with E-state index in [0.717, 1.165) is 12.1 Å². The third kappa shape index (κ3) is 4.30. The molecule has 0 saturated heterocycles. The van der Waals surface area contributed by atoms with Crippen LogP contribution in [0.25, 0.3) is 0 Å². The second kappa shape index (κ2) is 6.33. The van der Waals surface area contributed by atoms with Crippen molar-refractivity contribution in [2.75, 3.05) is 0 Å². The molecule has 1 aromatic rings. The van der Waals surface area contributed by atoms with E-state index in [-0.39, 0.29) is 23.0 Å². The molecule has 0 radical (unpaired) electrons. The summed E-state index contributed by atoms with van der Waals surface area (Å²) in [6, 6.07) is 2.35. The first kappa shape index (κ1) is 19.2. The number of benzene rings is 1. The van der Waals surface area contributed by atoms with Crippen molar-refractivity contribution in [3.8, 4) is 5.75 Å². The Kier molecular flexibility index (Phi) is 5.08. The summed E-state index contributed by atoms with van der Waals surface area (Å²) in [5, 5.41) is 0.110. The van der Waals surface area contributed by atoms with Crippen molar-refractivity contribution in [3.63, 3.8) is 0 Å². The number of hydrogen-bond acceptors (Lipinski definition) is 2. The van der Waals surface area contributed by atoms with Crippen LogP contribution in [-0.2, 0) is 10.6 Å². The van der Waals surface area contributed by atoms with E-state index in [9.17, 15) is 17.6 Å². The fraction of sp³-hybridized carbons (Fsp3) is 0.647. The maximum Gasteiger partial charge on any atom is 0.416 e. The molecule has 0 aliphatic heterocycles. The molecule has 7 heteroatoms. The Morgan fingerprint density at radius 1 is 1.04 bits per heavy atom. The van der Waals surface area contributed by atoms with E-state index in [1.165, 1.54) is 0 Å². The second-order valence-electron chi connectivity index (χ2n) is 7.85. The molecule has 1 aliphatic rings. The van der Waals surface area contributed by atoms with E-state index in [1.54, 1.807) is 0 Å². The maximum absolute atomic E-state index is 13.8. The molecular formula is C17H24F4O2Si. The molecule has 0 bridgehead atoms. The van der Waals surface area contributed by atoms with Crippen LogP contribution in [0.3, 0.4) is 0 Å². The van der Waals surface area contributed by atoms with Crippen LogP contribution in [0.4, 0.5) is 17.6 Å². The first-order valence-electron chi connectivity index (χ1n) is 8.01. The fourth-order valence-electron chi connectivity index (χ4n) is 2.26. The predicted molar refractivity (Wildman–Crippen MR) is 87.1 cm³/mol. The van der Waals surface area contributed by atoms with Gasteiger partial charge in [-0.3, -0.25) is 0 Å². The van der Waals surface area contributed by atoms with Crippen LogP contribution >= 0.6 is 0 Å². The highest BCUT2D eigenvalue weighted by Gasteiger charge is 2.43. The molecule has 2 rings (SSSR count). The van der Waals surface area contributed by atoms with Gasteiger partial charge in [0.15, 0.2) is 19.9 Å². The third-order valence-electron chi connectivity index (χ3n) is 4.87. The normalized spacial score (nSPS) is 22.2. The van der Waals surface area contributed by atoms with E-state index in [0.29, 0.717) is 18.9 Å². The van der Waals surface area contributed by atoms with Crippen molar-refractivity contribution in [2.45, 2.75) is 70.1 Å². The van der Waals surface area contributed by atoms with Gasteiger partial charge in [-0.1, -0.05) is 20.8 Å². The Labute approximate surface area is 141 Å². The number of hydrogen-bond donors (Lipinski definition) is 0. The summed E-state index contributed by atoms with van der Waals surface area (Å²) in [5.74, 6) is -1.13. The molecular weight excluding hydrogens is 340 g/mol. The van der Waals surface area contributed by atoms with Gasteiger partial charge in [0, 0.05) is 12.8 Å². The summed E-state index contributed by atoms with van der Waals surface area (Å²) >= 11 is 0. The van der Waals surface area contributed by atoms with Gasteiger partial charge < -0.3 is 9.16 Å². The first-order valence-corrected chi connectivity index (χ1v) is 10.9. The van der Waals surface area contributed by atoms with Gasteiger partial charge in [0.2, 0.25) is 0 Å². The zero-order chi connectivity index (χ0) is 18.3. The lowest BCUT2D eigenvalue weighted by Crippen LogP contribution is -2.50. The number of halogens is 4. The summed E-state index contributed by atoms with van der Waals surface area (Å²) in [6.45, 7) is 10.8. The van der Waals surface area contributed by atoms with Gasteiger partial charge in [-0.15, -0.1) is 0 Å². The summed E-state index contributed by atoms with van der Waals surface area (Å²) in [6.07, 6.45) is -3.43. The smallest absolute Gasteiger partial charge is 0.416 e. The molecule has 24 heavy (non-hydrogen) atoms. The van der Waals surface area contributed by atoms with Crippen LogP contribution in [0.1, 0.15) is 39.2 Å². The molecule has 1 saturated carbocycles. The minimum Gasteiger partial charge on any atom is -0.487 e. The average molecular weight is 364 g/mol. The Balaban J connectivity index is 1.90. The van der Waals surface area contributed by atoms with E-state index < -0.39 is 25.9 Å². The highest BCUT2D eigenvalue weighted by atomic mass is 28.4. The number of rotatable bonds is 4. The molecule has 0 heterocycles. The zero-order valence-electron chi connectivity index (χ0n) is 14.6. The maximum atomic E-state index is 13.8. The van der Waals surface area contributed by atoms with E-state index >= 15 is 0 Å². The largest absolute Gasteiger partial charge is 0.487 e. The minimum absolute atomic E-state index is 0.0772. The average Bonchev–Trinajstić information content (AvgIpc) is 2.35. The van der Waals surface area contributed by atoms with Gasteiger partial charge in [-0.05, 0) is 36.3 Å². The molecule has 2 nitrogen and oxygen atoms in total. The van der Waals surface area contributed by atoms with Crippen LogP contribution in [0, 0.1) is 5.82 Å². The molecule has 0 spiro atoms. The van der Waals surface area contributed by atoms with E-state index in [2.05, 4.69) is 33.9 Å². The summed E-state index contributed by atoms with van der Waals surface area (Å²) in [4.78, 5) is 0. The van der Waals surface area contributed by atoms with Crippen molar-refractivity contribution < 1.29 is 26.7 Å². The summed E-state index contributed by atoms with van der Waals surface area (Å²) in [7, 11) is -1.85. The molecule has 1 aromatic carbocycles. The lowest BCUT2D eigenvalue weighted by molar-refractivity contribution is -0.137. The van der Waals surface area contributed by atoms with E-state index in [4.69, 9.17) is 9.16 Å². The van der Waals surface area contributed by atoms with Crippen LogP contribution < -0.4 is 4.74 Å². The van der Waals surface area contributed by atoms with E-state index in [1.807, 2.05) is 0 Å². The molecule has 1 aliphatic carbocycles. The molecule has 0 N–H and O–H groups in total. The van der Waals surface area contributed by atoms with Crippen molar-refractivity contribution in [1.29, 1.82) is 0 Å². The van der Waals surface area contributed by atoms with Gasteiger partial charge >= 0.3 is 6.18 Å². The predicted octanol–water partition coefficient (Wildman–Crippen LogP) is 5.78. The monoisotopic (exact) mass is 364 g/mol. The van der Waals surface area contributed by atoms with Crippen molar-refractivity contribution in [2.24, 2.45) is 0 Å². The van der Waals surface area contributed by atoms with Crippen LogP contribution in [0.2, 0.25) is 18.1 Å². The highest BCUT2D eigenvalue weighted by molar-refractivity contribution is 6.74. The zero-order valence-corrected chi connectivity index (χ0v) is 15.6. The fourth-order valence-corrected chi connectivity index (χ4v) is 3.63. The van der Waals surface area contributed by atoms with Crippen molar-refractivity contribution in [1.82, 2.24) is 0 Å². The highest BCUT2D eigenvalue weighted by Crippen LogP contribution is 2.41. The lowest BCUT2D eigenvalue weighted by Gasteiger charge is -2.44. The summed E-state index contributed by atoms with van der Waals surface area (Å²) < 4.78 is 63.0. The molecule has 0 amide bonds. The standard InChI is InChI=1S/C17H24F4O2Si/c1-16(2,3)24(4,5)23-13-9-12(10-13)22-15-7-6-11(8-14(15)18)17(19,20)21/h6-8,12-13H,9-10H2,1-5H3. The Hall–Kier alpha value is -1.08. The molecule has 136 valence electrons. The Morgan fingerprint density at radius 2 is 1.62 bits per heavy atom. The second-order valence-corrected chi connectivity index (χ2v) is 12.6. The van der Waals surface area contributed by atoms with Gasteiger partial charge in [0.05, 0.1) is 11.7 Å². The molecule has 1 fully saturated rings. The third-order valence-corrected chi connectivity index (χ3v) is 9.41. The summed E-state index contributed by atoms with van der Waals surface area (Å²) in [5.41, 5.74) is -1.01. The van der Waals surface area contributed by atoms with Gasteiger partial charge in [0.25, 0.3) is 0 Å². The number of ether oxygens (including phenoxy) is 1. The quantitative estimate of drug-likeness (QED) is 0.498. The van der Waals surface area contributed by atoms with Crippen LogP contribution in [0.5, 0.6) is 5.75 Å². The SMILES string of the molecule is CC(C)(C)[Si](C)(C)OC1CC(Oc2ccc(C(F)(F)F)cc2F)C1. The number of alkyl halides is 3. The first-order chi connectivity index (χ1) is 10.8. The van der Waals surface area contributed by atoms with Gasteiger partial charge in [-0.2, -0.15) is 13.2 Å².